The van der Waals surface area contributed by atoms with Gasteiger partial charge in [0, 0.05) is 13.0 Å². The van der Waals surface area contributed by atoms with Crippen LogP contribution in [0.3, 0.4) is 0 Å². The van der Waals surface area contributed by atoms with Crippen LogP contribution in [0.4, 0.5) is 13.2 Å². The summed E-state index contributed by atoms with van der Waals surface area (Å²) in [5.74, 6) is 0. The molecule has 1 aromatic heterocycles. The average Bonchev–Trinajstić information content (AvgIpc) is 2.77. The second-order valence-corrected chi connectivity index (χ2v) is 3.68. The molecule has 1 aromatic carbocycles. The van der Waals surface area contributed by atoms with E-state index in [1.807, 2.05) is 0 Å². The van der Waals surface area contributed by atoms with Crippen molar-refractivity contribution in [3.63, 3.8) is 0 Å². The van der Waals surface area contributed by atoms with Crippen molar-refractivity contribution in [2.75, 3.05) is 6.61 Å². The maximum atomic E-state index is 12.5. The van der Waals surface area contributed by atoms with Gasteiger partial charge in [-0.25, -0.2) is 4.68 Å². The molecule has 0 spiro atoms. The Hall–Kier alpha value is -1.89. The van der Waals surface area contributed by atoms with Crippen LogP contribution in [0.2, 0.25) is 0 Å². The van der Waals surface area contributed by atoms with Crippen LogP contribution >= 0.6 is 0 Å². The van der Waals surface area contributed by atoms with Gasteiger partial charge in [-0.05, 0) is 18.2 Å². The molecule has 0 unspecified atom stereocenters. The van der Waals surface area contributed by atoms with Gasteiger partial charge in [0.25, 0.3) is 0 Å². The van der Waals surface area contributed by atoms with Gasteiger partial charge in [-0.15, -0.1) is 5.10 Å². The number of hydrogen-bond donors (Lipinski definition) is 1. The van der Waals surface area contributed by atoms with E-state index in [-0.39, 0.29) is 12.3 Å². The highest BCUT2D eigenvalue weighted by Gasteiger charge is 2.30. The molecule has 2 rings (SSSR count). The van der Waals surface area contributed by atoms with E-state index in [2.05, 4.69) is 10.3 Å². The molecule has 0 saturated heterocycles. The number of aliphatic hydroxyl groups excluding tert-OH is 1. The summed E-state index contributed by atoms with van der Waals surface area (Å²) in [6.45, 7) is -0.0821. The minimum atomic E-state index is -4.38. The van der Waals surface area contributed by atoms with E-state index in [0.717, 1.165) is 12.1 Å². The molecule has 0 aliphatic heterocycles. The molecule has 18 heavy (non-hydrogen) atoms. The molecule has 0 fully saturated rings. The number of hydrogen-bond acceptors (Lipinski definition) is 3. The highest BCUT2D eigenvalue weighted by atomic mass is 19.4. The van der Waals surface area contributed by atoms with Crippen LogP contribution in [0.5, 0.6) is 0 Å². The van der Waals surface area contributed by atoms with Crippen LogP contribution in [-0.4, -0.2) is 26.7 Å². The fourth-order valence-electron chi connectivity index (χ4n) is 1.48. The summed E-state index contributed by atoms with van der Waals surface area (Å²) in [5.41, 5.74) is 0.0654. The summed E-state index contributed by atoms with van der Waals surface area (Å²) in [4.78, 5) is 0. The second-order valence-electron chi connectivity index (χ2n) is 3.68. The smallest absolute Gasteiger partial charge is 0.396 e. The van der Waals surface area contributed by atoms with Gasteiger partial charge in [0.2, 0.25) is 0 Å². The summed E-state index contributed by atoms with van der Waals surface area (Å²) < 4.78 is 38.8. The molecule has 0 amide bonds. The molecule has 2 aromatic rings. The van der Waals surface area contributed by atoms with Crippen molar-refractivity contribution in [3.05, 3.63) is 41.7 Å². The van der Waals surface area contributed by atoms with E-state index in [9.17, 15) is 13.2 Å². The molecular weight excluding hydrogens is 247 g/mol. The van der Waals surface area contributed by atoms with E-state index in [0.29, 0.717) is 12.1 Å². The van der Waals surface area contributed by atoms with E-state index in [1.54, 1.807) is 0 Å². The minimum absolute atomic E-state index is 0.0821. The van der Waals surface area contributed by atoms with Crippen LogP contribution in [0.25, 0.3) is 5.69 Å². The normalized spacial score (nSPS) is 11.8. The lowest BCUT2D eigenvalue weighted by atomic mass is 10.2. The zero-order chi connectivity index (χ0) is 13.2. The molecule has 0 bridgehead atoms. The number of aromatic nitrogens is 3. The maximum absolute atomic E-state index is 12.5. The van der Waals surface area contributed by atoms with Gasteiger partial charge in [0.05, 0.1) is 23.1 Å². The molecule has 1 N–H and O–H groups in total. The Morgan fingerprint density at radius 3 is 2.72 bits per heavy atom. The Bertz CT molecular complexity index is 536. The summed E-state index contributed by atoms with van der Waals surface area (Å²) >= 11 is 0. The summed E-state index contributed by atoms with van der Waals surface area (Å²) in [6, 6.07) is 4.81. The minimum Gasteiger partial charge on any atom is -0.396 e. The van der Waals surface area contributed by atoms with Crippen molar-refractivity contribution in [1.82, 2.24) is 15.0 Å². The lowest BCUT2D eigenvalue weighted by Gasteiger charge is -2.07. The van der Waals surface area contributed by atoms with E-state index >= 15 is 0 Å². The second kappa shape index (κ2) is 4.77. The topological polar surface area (TPSA) is 50.9 Å². The molecular formula is C11H10F3N3O. The molecule has 0 atom stereocenters. The van der Waals surface area contributed by atoms with Crippen molar-refractivity contribution in [2.45, 2.75) is 12.6 Å². The van der Waals surface area contributed by atoms with Crippen molar-refractivity contribution >= 4 is 0 Å². The fraction of sp³-hybridized carbons (Fsp3) is 0.273. The molecule has 1 heterocycles. The number of nitrogens with zero attached hydrogens (tertiary/aromatic N) is 3. The number of halogens is 3. The van der Waals surface area contributed by atoms with Crippen molar-refractivity contribution < 1.29 is 18.3 Å². The molecule has 0 radical (unpaired) electrons. The zero-order valence-electron chi connectivity index (χ0n) is 9.22. The summed E-state index contributed by atoms with van der Waals surface area (Å²) in [7, 11) is 0. The Balaban J connectivity index is 2.32. The van der Waals surface area contributed by atoms with Crippen LogP contribution < -0.4 is 0 Å². The quantitative estimate of drug-likeness (QED) is 0.912. The standard InChI is InChI=1S/C11H10F3N3O/c12-11(13,14)8-2-1-3-10(6-8)17-7-9(4-5-18)15-16-17/h1-3,6-7,18H,4-5H2. The predicted molar refractivity (Wildman–Crippen MR) is 57.2 cm³/mol. The van der Waals surface area contributed by atoms with Crippen LogP contribution in [0.15, 0.2) is 30.5 Å². The van der Waals surface area contributed by atoms with Crippen LogP contribution in [-0.2, 0) is 12.6 Å². The highest BCUT2D eigenvalue weighted by molar-refractivity contribution is 5.36. The van der Waals surface area contributed by atoms with Gasteiger partial charge in [-0.2, -0.15) is 13.2 Å². The number of aliphatic hydroxyl groups is 1. The van der Waals surface area contributed by atoms with Gasteiger partial charge < -0.3 is 5.11 Å². The third kappa shape index (κ3) is 2.67. The Kier molecular flexibility index (Phi) is 3.33. The Morgan fingerprint density at radius 1 is 1.28 bits per heavy atom. The highest BCUT2D eigenvalue weighted by Crippen LogP contribution is 2.30. The Labute approximate surface area is 101 Å². The van der Waals surface area contributed by atoms with Gasteiger partial charge in [0.1, 0.15) is 0 Å². The molecule has 0 aliphatic rings. The van der Waals surface area contributed by atoms with Gasteiger partial charge in [-0.3, -0.25) is 0 Å². The zero-order valence-corrected chi connectivity index (χ0v) is 9.22. The van der Waals surface area contributed by atoms with E-state index in [1.165, 1.54) is 23.0 Å². The Morgan fingerprint density at radius 2 is 2.06 bits per heavy atom. The number of alkyl halides is 3. The predicted octanol–water partition coefficient (Wildman–Crippen LogP) is 1.82. The van der Waals surface area contributed by atoms with Crippen molar-refractivity contribution in [1.29, 1.82) is 0 Å². The molecule has 0 saturated carbocycles. The maximum Gasteiger partial charge on any atom is 0.416 e. The lowest BCUT2D eigenvalue weighted by molar-refractivity contribution is -0.137. The average molecular weight is 257 g/mol. The largest absolute Gasteiger partial charge is 0.416 e. The molecule has 7 heteroatoms. The molecule has 4 nitrogen and oxygen atoms in total. The van der Waals surface area contributed by atoms with Crippen molar-refractivity contribution in [3.8, 4) is 5.69 Å². The first-order valence-electron chi connectivity index (χ1n) is 5.20. The summed E-state index contributed by atoms with van der Waals surface area (Å²) in [6.07, 6.45) is -2.57. The summed E-state index contributed by atoms with van der Waals surface area (Å²) in [5, 5.41) is 16.2. The first kappa shape index (κ1) is 12.6. The van der Waals surface area contributed by atoms with Crippen LogP contribution in [0.1, 0.15) is 11.3 Å². The monoisotopic (exact) mass is 257 g/mol. The molecule has 0 aliphatic carbocycles. The molecule has 96 valence electrons. The van der Waals surface area contributed by atoms with E-state index in [4.69, 9.17) is 5.11 Å². The number of rotatable bonds is 3. The SMILES string of the molecule is OCCc1cn(-c2cccc(C(F)(F)F)c2)nn1. The van der Waals surface area contributed by atoms with Crippen molar-refractivity contribution in [2.24, 2.45) is 0 Å². The first-order valence-corrected chi connectivity index (χ1v) is 5.20. The van der Waals surface area contributed by atoms with E-state index < -0.39 is 11.7 Å². The number of benzene rings is 1. The third-order valence-corrected chi connectivity index (χ3v) is 2.35. The van der Waals surface area contributed by atoms with Gasteiger partial charge in [-0.1, -0.05) is 11.3 Å². The lowest BCUT2D eigenvalue weighted by Crippen LogP contribution is -2.06. The van der Waals surface area contributed by atoms with Gasteiger partial charge >= 0.3 is 6.18 Å². The van der Waals surface area contributed by atoms with Gasteiger partial charge in [0.15, 0.2) is 0 Å². The third-order valence-electron chi connectivity index (χ3n) is 2.35. The van der Waals surface area contributed by atoms with Crippen LogP contribution in [0, 0.1) is 0 Å². The first-order chi connectivity index (χ1) is 8.50. The fourth-order valence-corrected chi connectivity index (χ4v) is 1.48.